The molecule has 1 aromatic carbocycles. The van der Waals surface area contributed by atoms with Crippen molar-refractivity contribution in [1.29, 1.82) is 0 Å². The Kier molecular flexibility index (Phi) is 1.82. The van der Waals surface area contributed by atoms with E-state index in [4.69, 9.17) is 11.8 Å². The van der Waals surface area contributed by atoms with Gasteiger partial charge in [0.2, 0.25) is 0 Å². The van der Waals surface area contributed by atoms with Crippen molar-refractivity contribution in [2.45, 2.75) is 0 Å². The highest BCUT2D eigenvalue weighted by Gasteiger charge is 2.05. The second-order valence-electron chi connectivity index (χ2n) is 3.49. The van der Waals surface area contributed by atoms with Crippen molar-refractivity contribution >= 4 is 22.7 Å². The number of nitrogens with one attached hydrogen (secondary N) is 1. The molecule has 0 unspecified atom stereocenters. The topological polar surface area (TPSA) is 20.7 Å². The monoisotopic (exact) mass is 216 g/mol. The molecule has 0 bridgehead atoms. The summed E-state index contributed by atoms with van der Waals surface area (Å²) in [6, 6.07) is 10.2. The molecule has 0 fully saturated rings. The molecule has 0 amide bonds. The zero-order chi connectivity index (χ0) is 10.3. The molecule has 3 rings (SSSR count). The van der Waals surface area contributed by atoms with E-state index in [1.165, 1.54) is 15.0 Å². The van der Waals surface area contributed by atoms with Crippen LogP contribution in [0.5, 0.6) is 0 Å². The number of benzene rings is 1. The van der Waals surface area contributed by atoms with Crippen molar-refractivity contribution in [1.82, 2.24) is 9.07 Å². The molecule has 3 heteroatoms. The van der Waals surface area contributed by atoms with E-state index in [2.05, 4.69) is 17.1 Å². The normalized spacial score (nSPS) is 11.0. The van der Waals surface area contributed by atoms with Crippen LogP contribution in [0.25, 0.3) is 22.0 Å². The first kappa shape index (κ1) is 8.62. The molecule has 0 saturated carbocycles. The zero-order valence-corrected chi connectivity index (χ0v) is 8.70. The molecule has 0 spiro atoms. The van der Waals surface area contributed by atoms with Crippen LogP contribution < -0.4 is 0 Å². The molecule has 15 heavy (non-hydrogen) atoms. The Bertz CT molecular complexity index is 607. The van der Waals surface area contributed by atoms with Crippen LogP contribution in [-0.2, 0) is 0 Å². The Balaban J connectivity index is 2.27. The van der Waals surface area contributed by atoms with Gasteiger partial charge in [-0.05, 0) is 12.1 Å². The number of aromatic nitrogens is 2. The summed E-state index contributed by atoms with van der Waals surface area (Å²) in [5.74, 6) is 0. The summed E-state index contributed by atoms with van der Waals surface area (Å²) in [6.45, 7) is 0. The lowest BCUT2D eigenvalue weighted by Gasteiger charge is -1.93. The lowest BCUT2D eigenvalue weighted by Crippen LogP contribution is -1.71. The van der Waals surface area contributed by atoms with Gasteiger partial charge in [-0.15, -0.1) is 0 Å². The molecule has 0 aliphatic carbocycles. The van der Waals surface area contributed by atoms with E-state index in [-0.39, 0.29) is 0 Å². The van der Waals surface area contributed by atoms with E-state index in [0.29, 0.717) is 0 Å². The molecule has 0 radical (unpaired) electrons. The van der Waals surface area contributed by atoms with Crippen LogP contribution in [0, 0.1) is 0 Å². The molecule has 3 aromatic rings. The summed E-state index contributed by atoms with van der Waals surface area (Å²) < 4.78 is 1.54. The number of fused-ring (bicyclic) bond motifs is 1. The summed E-state index contributed by atoms with van der Waals surface area (Å²) >= 11 is 5.83. The van der Waals surface area contributed by atoms with Gasteiger partial charge >= 0.3 is 0 Å². The van der Waals surface area contributed by atoms with E-state index in [1.807, 2.05) is 36.8 Å². The van der Waals surface area contributed by atoms with Crippen molar-refractivity contribution in [3.05, 3.63) is 48.9 Å². The zero-order valence-electron chi connectivity index (χ0n) is 7.94. The van der Waals surface area contributed by atoms with Gasteiger partial charge in [0.15, 0.2) is 0 Å². The van der Waals surface area contributed by atoms with E-state index in [9.17, 15) is 0 Å². The van der Waals surface area contributed by atoms with E-state index in [0.717, 1.165) is 11.1 Å². The van der Waals surface area contributed by atoms with Crippen molar-refractivity contribution in [3.8, 4) is 11.1 Å². The smallest absolute Gasteiger partial charge is 0.0460 e. The maximum atomic E-state index is 5.83. The molecular weight excluding hydrogens is 208 g/mol. The summed E-state index contributed by atoms with van der Waals surface area (Å²) in [4.78, 5) is 3.24. The largest absolute Gasteiger partial charge is 0.361 e. The predicted molar refractivity (Wildman–Crippen MR) is 63.0 cm³/mol. The van der Waals surface area contributed by atoms with E-state index in [1.54, 1.807) is 0 Å². The Labute approximate surface area is 92.2 Å². The maximum absolute atomic E-state index is 5.83. The number of rotatable bonds is 1. The summed E-state index contributed by atoms with van der Waals surface area (Å²) in [6.07, 6.45) is 5.74. The van der Waals surface area contributed by atoms with Crippen LogP contribution >= 0.6 is 11.8 Å². The molecule has 0 aliphatic rings. The van der Waals surface area contributed by atoms with Gasteiger partial charge < -0.3 is 4.98 Å². The Morgan fingerprint density at radius 1 is 1.13 bits per heavy atom. The molecule has 2 aromatic heterocycles. The highest BCUT2D eigenvalue weighted by molar-refractivity contribution is 6.15. The third-order valence-electron chi connectivity index (χ3n) is 2.56. The molecule has 74 valence electrons. The van der Waals surface area contributed by atoms with E-state index >= 15 is 0 Å². The minimum atomic E-state index is 1.13. The van der Waals surface area contributed by atoms with Gasteiger partial charge in [-0.2, -0.15) is 0 Å². The lowest BCUT2D eigenvalue weighted by atomic mass is 10.1. The molecule has 0 atom stereocenters. The fourth-order valence-corrected chi connectivity index (χ4v) is 2.00. The van der Waals surface area contributed by atoms with Crippen molar-refractivity contribution < 1.29 is 0 Å². The Hall–Kier alpha value is -1.67. The van der Waals surface area contributed by atoms with Gasteiger partial charge in [0.25, 0.3) is 0 Å². The number of hydrogen-bond donors (Lipinski definition) is 1. The summed E-state index contributed by atoms with van der Waals surface area (Å²) in [5, 5.41) is 1.22. The molecular formula is C12H9ClN2. The third-order valence-corrected chi connectivity index (χ3v) is 2.77. The van der Waals surface area contributed by atoms with Crippen LogP contribution in [0.3, 0.4) is 0 Å². The second kappa shape index (κ2) is 3.17. The number of halogens is 1. The molecule has 2 nitrogen and oxygen atoms in total. The SMILES string of the molecule is Cln1ccc(-c2c[nH]c3ccccc23)c1. The molecule has 1 N–H and O–H groups in total. The first-order chi connectivity index (χ1) is 7.34. The molecule has 0 saturated heterocycles. The van der Waals surface area contributed by atoms with E-state index < -0.39 is 0 Å². The van der Waals surface area contributed by atoms with Crippen molar-refractivity contribution in [3.63, 3.8) is 0 Å². The molecule has 0 aliphatic heterocycles. The first-order valence-electron chi connectivity index (χ1n) is 4.75. The van der Waals surface area contributed by atoms with Crippen LogP contribution in [0.1, 0.15) is 0 Å². The molecule has 2 heterocycles. The minimum Gasteiger partial charge on any atom is -0.361 e. The number of hydrogen-bond acceptors (Lipinski definition) is 0. The highest BCUT2D eigenvalue weighted by atomic mass is 35.5. The fourth-order valence-electron chi connectivity index (χ4n) is 1.84. The minimum absolute atomic E-state index is 1.13. The summed E-state index contributed by atoms with van der Waals surface area (Å²) in [5.41, 5.74) is 3.46. The van der Waals surface area contributed by atoms with Gasteiger partial charge in [0, 0.05) is 52.4 Å². The summed E-state index contributed by atoms with van der Waals surface area (Å²) in [7, 11) is 0. The predicted octanol–water partition coefficient (Wildman–Crippen LogP) is 3.64. The van der Waals surface area contributed by atoms with Crippen LogP contribution in [0.2, 0.25) is 0 Å². The van der Waals surface area contributed by atoms with Crippen LogP contribution in [0.15, 0.2) is 48.9 Å². The average molecular weight is 217 g/mol. The Morgan fingerprint density at radius 3 is 2.80 bits per heavy atom. The van der Waals surface area contributed by atoms with Gasteiger partial charge in [-0.1, -0.05) is 18.2 Å². The van der Waals surface area contributed by atoms with Gasteiger partial charge in [-0.3, -0.25) is 4.09 Å². The van der Waals surface area contributed by atoms with Gasteiger partial charge in [0.1, 0.15) is 0 Å². The standard InChI is InChI=1S/C12H9ClN2/c13-15-6-5-9(8-15)11-7-14-12-4-2-1-3-10(11)12/h1-8,14H. The van der Waals surface area contributed by atoms with Crippen LogP contribution in [0.4, 0.5) is 0 Å². The fraction of sp³-hybridized carbons (Fsp3) is 0. The first-order valence-corrected chi connectivity index (χ1v) is 5.09. The quantitative estimate of drug-likeness (QED) is 0.641. The van der Waals surface area contributed by atoms with Crippen LogP contribution in [-0.4, -0.2) is 9.07 Å². The maximum Gasteiger partial charge on any atom is 0.0460 e. The average Bonchev–Trinajstić information content (AvgIpc) is 2.83. The van der Waals surface area contributed by atoms with Crippen molar-refractivity contribution in [2.75, 3.05) is 0 Å². The van der Waals surface area contributed by atoms with Gasteiger partial charge in [-0.25, -0.2) is 0 Å². The lowest BCUT2D eigenvalue weighted by molar-refractivity contribution is 1.27. The second-order valence-corrected chi connectivity index (χ2v) is 3.88. The number of nitrogens with zero attached hydrogens (tertiary/aromatic N) is 1. The van der Waals surface area contributed by atoms with Crippen molar-refractivity contribution in [2.24, 2.45) is 0 Å². The Morgan fingerprint density at radius 2 is 2.00 bits per heavy atom. The number of aromatic amines is 1. The highest BCUT2D eigenvalue weighted by Crippen LogP contribution is 2.28. The number of H-pyrrole nitrogens is 1. The van der Waals surface area contributed by atoms with Gasteiger partial charge in [0.05, 0.1) is 0 Å². The third kappa shape index (κ3) is 1.34. The number of para-hydroxylation sites is 1.